The van der Waals surface area contributed by atoms with Crippen molar-refractivity contribution >= 4 is 5.91 Å². The highest BCUT2D eigenvalue weighted by molar-refractivity contribution is 5.97. The minimum Gasteiger partial charge on any atom is -0.493 e. The smallest absolute Gasteiger partial charge is 0.387 e. The summed E-state index contributed by atoms with van der Waals surface area (Å²) in [7, 11) is 1.30. The Morgan fingerprint density at radius 1 is 1.45 bits per heavy atom. The zero-order chi connectivity index (χ0) is 16.7. The standard InChI is InChI=1S/C15H18F2N2O3/c1-4-19(9-10(2)8-18)14(20)11-6-5-7-12(21-3)13(11)22-15(16)17/h5-7,10,15H,4,9H2,1-3H3/t10-/m1/s1. The molecule has 7 heteroatoms. The number of methoxy groups -OCH3 is 1. The molecule has 0 saturated heterocycles. The van der Waals surface area contributed by atoms with Crippen LogP contribution in [0, 0.1) is 17.2 Å². The van der Waals surface area contributed by atoms with Crippen molar-refractivity contribution in [3.8, 4) is 17.6 Å². The van der Waals surface area contributed by atoms with Crippen LogP contribution >= 0.6 is 0 Å². The Bertz CT molecular complexity index is 558. The summed E-state index contributed by atoms with van der Waals surface area (Å²) in [6.07, 6.45) is 0. The van der Waals surface area contributed by atoms with E-state index in [9.17, 15) is 13.6 Å². The van der Waals surface area contributed by atoms with Crippen LogP contribution in [-0.2, 0) is 0 Å². The maximum absolute atomic E-state index is 12.6. The number of nitrogens with zero attached hydrogens (tertiary/aromatic N) is 2. The van der Waals surface area contributed by atoms with Gasteiger partial charge in [-0.1, -0.05) is 6.07 Å². The highest BCUT2D eigenvalue weighted by Gasteiger charge is 2.24. The van der Waals surface area contributed by atoms with Crippen molar-refractivity contribution in [3.63, 3.8) is 0 Å². The largest absolute Gasteiger partial charge is 0.493 e. The second kappa shape index (κ2) is 8.17. The lowest BCUT2D eigenvalue weighted by Crippen LogP contribution is -2.34. The molecule has 1 rings (SSSR count). The lowest BCUT2D eigenvalue weighted by atomic mass is 10.1. The normalized spacial score (nSPS) is 11.7. The third-order valence-corrected chi connectivity index (χ3v) is 3.02. The fourth-order valence-electron chi connectivity index (χ4n) is 1.95. The van der Waals surface area contributed by atoms with Crippen molar-refractivity contribution in [1.82, 2.24) is 4.90 Å². The van der Waals surface area contributed by atoms with Crippen LogP contribution in [0.15, 0.2) is 18.2 Å². The predicted octanol–water partition coefficient (Wildman–Crippen LogP) is 2.92. The molecule has 0 aliphatic heterocycles. The van der Waals surface area contributed by atoms with Crippen LogP contribution in [0.1, 0.15) is 24.2 Å². The van der Waals surface area contributed by atoms with Gasteiger partial charge in [-0.3, -0.25) is 4.79 Å². The first-order valence-electron chi connectivity index (χ1n) is 6.75. The second-order valence-electron chi connectivity index (χ2n) is 4.59. The number of ether oxygens (including phenoxy) is 2. The molecular weight excluding hydrogens is 294 g/mol. The maximum Gasteiger partial charge on any atom is 0.387 e. The molecule has 120 valence electrons. The van der Waals surface area contributed by atoms with E-state index < -0.39 is 12.5 Å². The first-order chi connectivity index (χ1) is 10.4. The van der Waals surface area contributed by atoms with Crippen molar-refractivity contribution in [2.75, 3.05) is 20.2 Å². The summed E-state index contributed by atoms with van der Waals surface area (Å²) in [5.74, 6) is -1.10. The molecule has 0 heterocycles. The molecule has 0 fully saturated rings. The van der Waals surface area contributed by atoms with Crippen LogP contribution in [0.25, 0.3) is 0 Å². The number of alkyl halides is 2. The van der Waals surface area contributed by atoms with Gasteiger partial charge in [0.1, 0.15) is 0 Å². The predicted molar refractivity (Wildman–Crippen MR) is 76.0 cm³/mol. The molecule has 0 aliphatic rings. The Kier molecular flexibility index (Phi) is 6.57. The molecule has 0 N–H and O–H groups in total. The third-order valence-electron chi connectivity index (χ3n) is 3.02. The number of nitriles is 1. The number of hydrogen-bond acceptors (Lipinski definition) is 4. The molecule has 1 aromatic rings. The molecule has 0 spiro atoms. The van der Waals surface area contributed by atoms with Crippen molar-refractivity contribution < 1.29 is 23.0 Å². The Hall–Kier alpha value is -2.36. The fourth-order valence-corrected chi connectivity index (χ4v) is 1.95. The summed E-state index contributed by atoms with van der Waals surface area (Å²) >= 11 is 0. The van der Waals surface area contributed by atoms with Crippen LogP contribution in [0.5, 0.6) is 11.5 Å². The first kappa shape index (κ1) is 17.7. The summed E-state index contributed by atoms with van der Waals surface area (Å²) in [6, 6.07) is 6.38. The van der Waals surface area contributed by atoms with E-state index in [1.807, 2.05) is 6.07 Å². The van der Waals surface area contributed by atoms with E-state index >= 15 is 0 Å². The lowest BCUT2D eigenvalue weighted by Gasteiger charge is -2.23. The number of rotatable bonds is 7. The number of para-hydroxylation sites is 1. The lowest BCUT2D eigenvalue weighted by molar-refractivity contribution is -0.0516. The van der Waals surface area contributed by atoms with Crippen molar-refractivity contribution in [1.29, 1.82) is 5.26 Å². The molecule has 5 nitrogen and oxygen atoms in total. The van der Waals surface area contributed by atoms with E-state index in [0.717, 1.165) is 0 Å². The number of benzene rings is 1. The monoisotopic (exact) mass is 312 g/mol. The molecule has 0 bridgehead atoms. The molecule has 1 amide bonds. The number of halogens is 2. The van der Waals surface area contributed by atoms with Gasteiger partial charge in [-0.25, -0.2) is 0 Å². The molecule has 1 atom stereocenters. The van der Waals surface area contributed by atoms with Gasteiger partial charge in [-0.2, -0.15) is 14.0 Å². The average Bonchev–Trinajstić information content (AvgIpc) is 2.51. The van der Waals surface area contributed by atoms with Crippen molar-refractivity contribution in [3.05, 3.63) is 23.8 Å². The van der Waals surface area contributed by atoms with Gasteiger partial charge in [-0.15, -0.1) is 0 Å². The van der Waals surface area contributed by atoms with Gasteiger partial charge in [0.2, 0.25) is 0 Å². The molecule has 1 aromatic carbocycles. The highest BCUT2D eigenvalue weighted by Crippen LogP contribution is 2.33. The topological polar surface area (TPSA) is 62.6 Å². The second-order valence-corrected chi connectivity index (χ2v) is 4.59. The maximum atomic E-state index is 12.6. The van der Waals surface area contributed by atoms with Crippen LogP contribution in [0.2, 0.25) is 0 Å². The Morgan fingerprint density at radius 2 is 2.14 bits per heavy atom. The molecule has 0 radical (unpaired) electrons. The number of carbonyl (C=O) groups excluding carboxylic acids is 1. The van der Waals surface area contributed by atoms with E-state index in [4.69, 9.17) is 10.00 Å². The SMILES string of the molecule is CCN(C[C@H](C)C#N)C(=O)c1cccc(OC)c1OC(F)F. The van der Waals surface area contributed by atoms with E-state index in [1.165, 1.54) is 30.2 Å². The highest BCUT2D eigenvalue weighted by atomic mass is 19.3. The van der Waals surface area contributed by atoms with Gasteiger partial charge < -0.3 is 14.4 Å². The van der Waals surface area contributed by atoms with Crippen LogP contribution in [-0.4, -0.2) is 37.6 Å². The minimum atomic E-state index is -3.07. The summed E-state index contributed by atoms with van der Waals surface area (Å²) < 4.78 is 34.6. The minimum absolute atomic E-state index is 0.0216. The van der Waals surface area contributed by atoms with Crippen LogP contribution in [0.3, 0.4) is 0 Å². The van der Waals surface area contributed by atoms with Crippen LogP contribution in [0.4, 0.5) is 8.78 Å². The summed E-state index contributed by atoms with van der Waals surface area (Å²) in [4.78, 5) is 13.9. The Labute approximate surface area is 128 Å². The van der Waals surface area contributed by atoms with Gasteiger partial charge in [-0.05, 0) is 26.0 Å². The third kappa shape index (κ3) is 4.32. The van der Waals surface area contributed by atoms with Gasteiger partial charge in [0.25, 0.3) is 5.91 Å². The van der Waals surface area contributed by atoms with Gasteiger partial charge >= 0.3 is 6.61 Å². The summed E-state index contributed by atoms with van der Waals surface area (Å²) in [5.41, 5.74) is -0.0216. The molecule has 0 unspecified atom stereocenters. The zero-order valence-corrected chi connectivity index (χ0v) is 12.7. The number of amides is 1. The molecule has 0 aliphatic carbocycles. The van der Waals surface area contributed by atoms with Gasteiger partial charge in [0.15, 0.2) is 11.5 Å². The molecule has 22 heavy (non-hydrogen) atoms. The first-order valence-corrected chi connectivity index (χ1v) is 6.75. The number of hydrogen-bond donors (Lipinski definition) is 0. The molecular formula is C15H18F2N2O3. The Morgan fingerprint density at radius 3 is 2.64 bits per heavy atom. The van der Waals surface area contributed by atoms with Crippen molar-refractivity contribution in [2.24, 2.45) is 5.92 Å². The molecule has 0 aromatic heterocycles. The van der Waals surface area contributed by atoms with Crippen molar-refractivity contribution in [2.45, 2.75) is 20.5 Å². The molecule has 0 saturated carbocycles. The van der Waals surface area contributed by atoms with Gasteiger partial charge in [0, 0.05) is 13.1 Å². The Balaban J connectivity index is 3.18. The van der Waals surface area contributed by atoms with E-state index in [2.05, 4.69) is 4.74 Å². The summed E-state index contributed by atoms with van der Waals surface area (Å²) in [6.45, 7) is 0.900. The van der Waals surface area contributed by atoms with E-state index in [-0.39, 0.29) is 29.5 Å². The van der Waals surface area contributed by atoms with Crippen LogP contribution < -0.4 is 9.47 Å². The zero-order valence-electron chi connectivity index (χ0n) is 12.7. The number of carbonyl (C=O) groups is 1. The average molecular weight is 312 g/mol. The van der Waals surface area contributed by atoms with Gasteiger partial charge in [0.05, 0.1) is 24.7 Å². The van der Waals surface area contributed by atoms with E-state index in [1.54, 1.807) is 13.8 Å². The van der Waals surface area contributed by atoms with E-state index in [0.29, 0.717) is 6.54 Å². The quantitative estimate of drug-likeness (QED) is 0.776. The fraction of sp³-hybridized carbons (Fsp3) is 0.467. The summed E-state index contributed by atoms with van der Waals surface area (Å²) in [5, 5.41) is 8.86.